The van der Waals surface area contributed by atoms with E-state index in [1.807, 2.05) is 0 Å². The van der Waals surface area contributed by atoms with Gasteiger partial charge in [0.2, 0.25) is 0 Å². The lowest BCUT2D eigenvalue weighted by Gasteiger charge is -2.25. The van der Waals surface area contributed by atoms with Gasteiger partial charge in [0.05, 0.1) is 18.2 Å². The molecule has 7 nitrogen and oxygen atoms in total. The number of carbonyl (C=O) groups is 2. The zero-order valence-electron chi connectivity index (χ0n) is 13.2. The highest BCUT2D eigenvalue weighted by molar-refractivity contribution is 6.39. The van der Waals surface area contributed by atoms with Crippen LogP contribution >= 0.6 is 23.2 Å². The Morgan fingerprint density at radius 3 is 2.33 bits per heavy atom. The van der Waals surface area contributed by atoms with Gasteiger partial charge < -0.3 is 29.6 Å². The fourth-order valence-electron chi connectivity index (χ4n) is 2.12. The minimum Gasteiger partial charge on any atom is -0.505 e. The summed E-state index contributed by atoms with van der Waals surface area (Å²) in [5.41, 5.74) is -0.0103. The van der Waals surface area contributed by atoms with Gasteiger partial charge in [-0.25, -0.2) is 4.79 Å². The van der Waals surface area contributed by atoms with Crippen LogP contribution in [0.1, 0.15) is 29.3 Å². The molecule has 0 aliphatic heterocycles. The maximum Gasteiger partial charge on any atom is 0.342 e. The van der Waals surface area contributed by atoms with Gasteiger partial charge in [0, 0.05) is 6.42 Å². The molecule has 0 aliphatic rings. The highest BCUT2D eigenvalue weighted by atomic mass is 35.5. The van der Waals surface area contributed by atoms with Crippen molar-refractivity contribution >= 4 is 35.5 Å². The fraction of sp³-hybridized carbons (Fsp3) is 0.467. The molecule has 0 saturated carbocycles. The number of aliphatic hydroxyl groups is 2. The van der Waals surface area contributed by atoms with Gasteiger partial charge in [0.25, 0.3) is 0 Å². The third-order valence-corrected chi connectivity index (χ3v) is 4.20. The van der Waals surface area contributed by atoms with Crippen molar-refractivity contribution in [3.05, 3.63) is 21.2 Å². The first kappa shape index (κ1) is 20.5. The Bertz CT molecular complexity index is 631. The Kier molecular flexibility index (Phi) is 7.28. The number of hydrogen-bond donors (Lipinski definition) is 3. The van der Waals surface area contributed by atoms with E-state index >= 15 is 0 Å². The summed E-state index contributed by atoms with van der Waals surface area (Å²) in [5, 5.41) is 28.9. The number of esters is 1. The van der Waals surface area contributed by atoms with Gasteiger partial charge in [-0.15, -0.1) is 0 Å². The van der Waals surface area contributed by atoms with E-state index in [1.54, 1.807) is 0 Å². The lowest BCUT2D eigenvalue weighted by atomic mass is 10.0. The van der Waals surface area contributed by atoms with Crippen molar-refractivity contribution in [2.45, 2.75) is 38.6 Å². The van der Waals surface area contributed by atoms with Gasteiger partial charge >= 0.3 is 5.97 Å². The number of ether oxygens (including phenoxy) is 2. The molecule has 9 heteroatoms. The Hall–Kier alpha value is -1.54. The van der Waals surface area contributed by atoms with Crippen molar-refractivity contribution in [2.24, 2.45) is 0 Å². The zero-order chi connectivity index (χ0) is 18.6. The predicted octanol–water partition coefficient (Wildman–Crippen LogP) is 1.87. The van der Waals surface area contributed by atoms with E-state index in [9.17, 15) is 24.9 Å². The molecule has 0 fully saturated rings. The quantitative estimate of drug-likeness (QED) is 0.488. The third kappa shape index (κ3) is 4.10. The van der Waals surface area contributed by atoms with Crippen molar-refractivity contribution < 1.29 is 34.4 Å². The average Bonchev–Trinajstić information content (AvgIpc) is 2.53. The third-order valence-electron chi connectivity index (χ3n) is 3.39. The van der Waals surface area contributed by atoms with Crippen LogP contribution in [0.3, 0.4) is 0 Å². The summed E-state index contributed by atoms with van der Waals surface area (Å²) < 4.78 is 10.1. The fourth-order valence-corrected chi connectivity index (χ4v) is 2.63. The van der Waals surface area contributed by atoms with Crippen LogP contribution in [0.5, 0.6) is 11.5 Å². The number of benzene rings is 1. The Morgan fingerprint density at radius 1 is 1.29 bits per heavy atom. The standard InChI is InChI=1S/C15H18Cl2O7/c1-6-9(14(23-3)11(17)12(21)10(6)16)15(22)24-13(7(2)19)8(20)4-5-18/h5,7-8,13,19-21H,4H2,1-3H3/t7-,8-,13-/m1/s1. The summed E-state index contributed by atoms with van der Waals surface area (Å²) in [5.74, 6) is -1.59. The molecule has 3 N–H and O–H groups in total. The molecule has 1 aromatic carbocycles. The Balaban J connectivity index is 3.30. The monoisotopic (exact) mass is 380 g/mol. The van der Waals surface area contributed by atoms with Gasteiger partial charge in [0.15, 0.2) is 17.6 Å². The highest BCUT2D eigenvalue weighted by Gasteiger charge is 2.32. The Labute approximate surface area is 148 Å². The van der Waals surface area contributed by atoms with E-state index in [2.05, 4.69) is 0 Å². The summed E-state index contributed by atoms with van der Waals surface area (Å²) in [4.78, 5) is 23.0. The topological polar surface area (TPSA) is 113 Å². The van der Waals surface area contributed by atoms with Gasteiger partial charge in [0.1, 0.15) is 23.0 Å². The molecule has 3 atom stereocenters. The molecule has 1 aromatic rings. The van der Waals surface area contributed by atoms with E-state index in [1.165, 1.54) is 21.0 Å². The van der Waals surface area contributed by atoms with Crippen LogP contribution in [0.4, 0.5) is 0 Å². The van der Waals surface area contributed by atoms with Crippen LogP contribution in [-0.2, 0) is 9.53 Å². The summed E-state index contributed by atoms with van der Waals surface area (Å²) in [6.45, 7) is 2.74. The number of hydrogen-bond acceptors (Lipinski definition) is 7. The molecule has 134 valence electrons. The molecule has 0 aromatic heterocycles. The van der Waals surface area contributed by atoms with Crippen molar-refractivity contribution in [1.82, 2.24) is 0 Å². The molecule has 0 amide bonds. The molecular formula is C15H18Cl2O7. The van der Waals surface area contributed by atoms with Gasteiger partial charge in [-0.3, -0.25) is 0 Å². The second kappa shape index (κ2) is 8.53. The summed E-state index contributed by atoms with van der Waals surface area (Å²) in [6.07, 6.45) is -3.86. The summed E-state index contributed by atoms with van der Waals surface area (Å²) in [6, 6.07) is 0. The molecule has 0 bridgehead atoms. The van der Waals surface area contributed by atoms with E-state index in [4.69, 9.17) is 32.7 Å². The molecule has 0 radical (unpaired) electrons. The summed E-state index contributed by atoms with van der Waals surface area (Å²) >= 11 is 11.8. The molecule has 0 heterocycles. The van der Waals surface area contributed by atoms with Crippen LogP contribution in [-0.4, -0.2) is 53.0 Å². The largest absolute Gasteiger partial charge is 0.505 e. The number of aromatic hydroxyl groups is 1. The van der Waals surface area contributed by atoms with E-state index < -0.39 is 30.0 Å². The van der Waals surface area contributed by atoms with Gasteiger partial charge in [-0.2, -0.15) is 0 Å². The predicted molar refractivity (Wildman–Crippen MR) is 87.0 cm³/mol. The normalized spacial score (nSPS) is 14.6. The van der Waals surface area contributed by atoms with Gasteiger partial charge in [-0.1, -0.05) is 23.2 Å². The van der Waals surface area contributed by atoms with Crippen LogP contribution in [0.25, 0.3) is 0 Å². The average molecular weight is 381 g/mol. The number of phenolic OH excluding ortho intramolecular Hbond substituents is 1. The molecule has 24 heavy (non-hydrogen) atoms. The number of methoxy groups -OCH3 is 1. The summed E-state index contributed by atoms with van der Waals surface area (Å²) in [7, 11) is 1.23. The van der Waals surface area contributed by atoms with Crippen molar-refractivity contribution in [1.29, 1.82) is 0 Å². The first-order valence-electron chi connectivity index (χ1n) is 6.92. The number of carbonyl (C=O) groups excluding carboxylic acids is 2. The molecule has 0 spiro atoms. The number of rotatable bonds is 7. The van der Waals surface area contributed by atoms with Crippen LogP contribution in [0.15, 0.2) is 0 Å². The molecule has 0 saturated heterocycles. The second-order valence-electron chi connectivity index (χ2n) is 5.09. The molecule has 0 aliphatic carbocycles. The lowest BCUT2D eigenvalue weighted by Crippen LogP contribution is -2.40. The van der Waals surface area contributed by atoms with Crippen LogP contribution < -0.4 is 4.74 Å². The second-order valence-corrected chi connectivity index (χ2v) is 5.85. The smallest absolute Gasteiger partial charge is 0.342 e. The maximum atomic E-state index is 12.5. The number of phenols is 1. The highest BCUT2D eigenvalue weighted by Crippen LogP contribution is 2.44. The van der Waals surface area contributed by atoms with Crippen molar-refractivity contribution in [2.75, 3.05) is 7.11 Å². The maximum absolute atomic E-state index is 12.5. The van der Waals surface area contributed by atoms with E-state index in [0.717, 1.165) is 0 Å². The number of aldehydes is 1. The van der Waals surface area contributed by atoms with E-state index in [-0.39, 0.29) is 33.3 Å². The van der Waals surface area contributed by atoms with Gasteiger partial charge in [-0.05, 0) is 19.4 Å². The first-order valence-corrected chi connectivity index (χ1v) is 7.68. The van der Waals surface area contributed by atoms with Crippen LogP contribution in [0, 0.1) is 6.92 Å². The van der Waals surface area contributed by atoms with Crippen molar-refractivity contribution in [3.8, 4) is 11.5 Å². The number of aliphatic hydroxyl groups excluding tert-OH is 2. The van der Waals surface area contributed by atoms with E-state index in [0.29, 0.717) is 6.29 Å². The first-order chi connectivity index (χ1) is 11.2. The van der Waals surface area contributed by atoms with Crippen molar-refractivity contribution in [3.63, 3.8) is 0 Å². The minimum absolute atomic E-state index is 0.148. The number of halogens is 2. The SMILES string of the molecule is COc1c(Cl)c(O)c(Cl)c(C)c1C(=O)O[C@@H]([C@H](O)CC=O)[C@@H](C)O. The molecule has 1 rings (SSSR count). The zero-order valence-corrected chi connectivity index (χ0v) is 14.8. The lowest BCUT2D eigenvalue weighted by molar-refractivity contribution is -0.114. The Morgan fingerprint density at radius 2 is 1.88 bits per heavy atom. The van der Waals surface area contributed by atoms with Crippen LogP contribution in [0.2, 0.25) is 10.0 Å². The molecular weight excluding hydrogens is 363 g/mol. The minimum atomic E-state index is -1.39. The molecule has 0 unspecified atom stereocenters.